The number of rotatable bonds is 8. The minimum Gasteiger partial charge on any atom is -0.484 e. The molecule has 0 spiro atoms. The summed E-state index contributed by atoms with van der Waals surface area (Å²) in [6.07, 6.45) is 3.39. The molecule has 0 fully saturated rings. The number of hydrogen-bond acceptors (Lipinski definition) is 2. The van der Waals surface area contributed by atoms with Crippen molar-refractivity contribution in [3.05, 3.63) is 55.1 Å². The SMILES string of the molecule is C=CCN(CC=C)C(=O)COc1cccc(C(C)C)c1. The van der Waals surface area contributed by atoms with Crippen LogP contribution in [0.25, 0.3) is 0 Å². The average molecular weight is 273 g/mol. The third-order valence-corrected chi connectivity index (χ3v) is 2.94. The fraction of sp³-hybridized carbons (Fsp3) is 0.353. The predicted octanol–water partition coefficient (Wildman–Crippen LogP) is 3.39. The summed E-state index contributed by atoms with van der Waals surface area (Å²) in [6.45, 7) is 12.6. The van der Waals surface area contributed by atoms with Crippen molar-refractivity contribution in [3.8, 4) is 5.75 Å². The molecule has 1 rings (SSSR count). The number of hydrogen-bond donors (Lipinski definition) is 0. The first kappa shape index (κ1) is 16.0. The number of carbonyl (C=O) groups is 1. The van der Waals surface area contributed by atoms with Gasteiger partial charge in [0.2, 0.25) is 0 Å². The van der Waals surface area contributed by atoms with Gasteiger partial charge in [-0.2, -0.15) is 0 Å². The van der Waals surface area contributed by atoms with E-state index in [4.69, 9.17) is 4.74 Å². The van der Waals surface area contributed by atoms with Crippen molar-refractivity contribution >= 4 is 5.91 Å². The molecule has 0 saturated carbocycles. The van der Waals surface area contributed by atoms with Crippen molar-refractivity contribution in [3.63, 3.8) is 0 Å². The summed E-state index contributed by atoms with van der Waals surface area (Å²) < 4.78 is 5.57. The van der Waals surface area contributed by atoms with E-state index in [1.807, 2.05) is 18.2 Å². The largest absolute Gasteiger partial charge is 0.484 e. The van der Waals surface area contributed by atoms with Crippen molar-refractivity contribution in [2.75, 3.05) is 19.7 Å². The second-order valence-electron chi connectivity index (χ2n) is 4.89. The summed E-state index contributed by atoms with van der Waals surface area (Å²) in [5, 5.41) is 0. The van der Waals surface area contributed by atoms with Gasteiger partial charge in [-0.25, -0.2) is 0 Å². The Bertz CT molecular complexity index is 456. The molecule has 3 nitrogen and oxygen atoms in total. The van der Waals surface area contributed by atoms with E-state index in [1.54, 1.807) is 17.1 Å². The first-order chi connectivity index (χ1) is 9.58. The van der Waals surface area contributed by atoms with Gasteiger partial charge < -0.3 is 9.64 Å². The Labute approximate surface area is 121 Å². The Morgan fingerprint density at radius 1 is 1.30 bits per heavy atom. The highest BCUT2D eigenvalue weighted by atomic mass is 16.5. The van der Waals surface area contributed by atoms with E-state index in [0.29, 0.717) is 19.0 Å². The molecule has 3 heteroatoms. The molecule has 108 valence electrons. The number of carbonyl (C=O) groups excluding carboxylic acids is 1. The summed E-state index contributed by atoms with van der Waals surface area (Å²) in [6, 6.07) is 7.84. The van der Waals surface area contributed by atoms with E-state index in [1.165, 1.54) is 5.56 Å². The van der Waals surface area contributed by atoms with E-state index in [-0.39, 0.29) is 12.5 Å². The van der Waals surface area contributed by atoms with Gasteiger partial charge in [0, 0.05) is 13.1 Å². The molecule has 0 unspecified atom stereocenters. The standard InChI is InChI=1S/C17H23NO2/c1-5-10-18(11-6-2)17(19)13-20-16-9-7-8-15(12-16)14(3)4/h5-9,12,14H,1-2,10-11,13H2,3-4H3. The molecule has 0 aliphatic carbocycles. The van der Waals surface area contributed by atoms with E-state index in [0.717, 1.165) is 5.75 Å². The van der Waals surface area contributed by atoms with Crippen molar-refractivity contribution in [1.82, 2.24) is 4.90 Å². The van der Waals surface area contributed by atoms with Gasteiger partial charge in [-0.3, -0.25) is 4.79 Å². The maximum Gasteiger partial charge on any atom is 0.261 e. The Morgan fingerprint density at radius 3 is 2.50 bits per heavy atom. The number of benzene rings is 1. The molecule has 0 bridgehead atoms. The lowest BCUT2D eigenvalue weighted by molar-refractivity contribution is -0.132. The second-order valence-corrected chi connectivity index (χ2v) is 4.89. The highest BCUT2D eigenvalue weighted by molar-refractivity contribution is 5.78. The lowest BCUT2D eigenvalue weighted by Crippen LogP contribution is -2.35. The highest BCUT2D eigenvalue weighted by Gasteiger charge is 2.11. The van der Waals surface area contributed by atoms with Crippen LogP contribution in [-0.2, 0) is 4.79 Å². The molecule has 0 radical (unpaired) electrons. The van der Waals surface area contributed by atoms with Crippen LogP contribution in [0.4, 0.5) is 0 Å². The third-order valence-electron chi connectivity index (χ3n) is 2.94. The van der Waals surface area contributed by atoms with Crippen molar-refractivity contribution in [2.24, 2.45) is 0 Å². The summed E-state index contributed by atoms with van der Waals surface area (Å²) in [5.74, 6) is 1.09. The summed E-state index contributed by atoms with van der Waals surface area (Å²) in [4.78, 5) is 13.7. The fourth-order valence-corrected chi connectivity index (χ4v) is 1.79. The Hall–Kier alpha value is -2.03. The molecule has 1 aromatic carbocycles. The van der Waals surface area contributed by atoms with Crippen molar-refractivity contribution < 1.29 is 9.53 Å². The van der Waals surface area contributed by atoms with Gasteiger partial charge in [0.25, 0.3) is 5.91 Å². The van der Waals surface area contributed by atoms with Gasteiger partial charge in [-0.1, -0.05) is 38.1 Å². The Morgan fingerprint density at radius 2 is 1.95 bits per heavy atom. The zero-order chi connectivity index (χ0) is 15.0. The average Bonchev–Trinajstić information content (AvgIpc) is 2.45. The monoisotopic (exact) mass is 273 g/mol. The lowest BCUT2D eigenvalue weighted by Gasteiger charge is -2.19. The van der Waals surface area contributed by atoms with Gasteiger partial charge >= 0.3 is 0 Å². The van der Waals surface area contributed by atoms with E-state index in [9.17, 15) is 4.79 Å². The van der Waals surface area contributed by atoms with Crippen molar-refractivity contribution in [2.45, 2.75) is 19.8 Å². The van der Waals surface area contributed by atoms with Crippen molar-refractivity contribution in [1.29, 1.82) is 0 Å². The van der Waals surface area contributed by atoms with Crippen LogP contribution >= 0.6 is 0 Å². The first-order valence-electron chi connectivity index (χ1n) is 6.80. The first-order valence-corrected chi connectivity index (χ1v) is 6.80. The smallest absolute Gasteiger partial charge is 0.261 e. The molecule has 0 atom stereocenters. The van der Waals surface area contributed by atoms with E-state index in [2.05, 4.69) is 33.1 Å². The molecular formula is C17H23NO2. The van der Waals surface area contributed by atoms with Crippen LogP contribution in [0.2, 0.25) is 0 Å². The van der Waals surface area contributed by atoms with Crippen LogP contribution < -0.4 is 4.74 Å². The van der Waals surface area contributed by atoms with Crippen LogP contribution in [-0.4, -0.2) is 30.5 Å². The van der Waals surface area contributed by atoms with Crippen LogP contribution in [0, 0.1) is 0 Å². The topological polar surface area (TPSA) is 29.5 Å². The molecule has 20 heavy (non-hydrogen) atoms. The lowest BCUT2D eigenvalue weighted by atomic mass is 10.0. The zero-order valence-electron chi connectivity index (χ0n) is 12.3. The highest BCUT2D eigenvalue weighted by Crippen LogP contribution is 2.20. The minimum atomic E-state index is -0.0697. The molecule has 0 N–H and O–H groups in total. The van der Waals surface area contributed by atoms with Gasteiger partial charge in [0.1, 0.15) is 5.75 Å². The summed E-state index contributed by atoms with van der Waals surface area (Å²) >= 11 is 0. The Balaban J connectivity index is 2.61. The number of ether oxygens (including phenoxy) is 1. The van der Waals surface area contributed by atoms with Gasteiger partial charge in [-0.05, 0) is 23.6 Å². The summed E-state index contributed by atoms with van der Waals surface area (Å²) in [5.41, 5.74) is 1.20. The van der Waals surface area contributed by atoms with Crippen LogP contribution in [0.15, 0.2) is 49.6 Å². The molecule has 1 aromatic rings. The maximum atomic E-state index is 12.0. The van der Waals surface area contributed by atoms with Gasteiger partial charge in [0.05, 0.1) is 0 Å². The third kappa shape index (κ3) is 4.92. The quantitative estimate of drug-likeness (QED) is 0.679. The van der Waals surface area contributed by atoms with E-state index >= 15 is 0 Å². The maximum absolute atomic E-state index is 12.0. The van der Waals surface area contributed by atoms with Gasteiger partial charge in [0.15, 0.2) is 6.61 Å². The molecule has 0 aliphatic rings. The molecule has 0 heterocycles. The second kappa shape index (κ2) is 8.20. The molecule has 0 saturated heterocycles. The zero-order valence-corrected chi connectivity index (χ0v) is 12.3. The van der Waals surface area contributed by atoms with Gasteiger partial charge in [-0.15, -0.1) is 13.2 Å². The summed E-state index contributed by atoms with van der Waals surface area (Å²) in [7, 11) is 0. The minimum absolute atomic E-state index is 0.0310. The molecule has 0 aromatic heterocycles. The number of nitrogens with zero attached hydrogens (tertiary/aromatic N) is 1. The Kier molecular flexibility index (Phi) is 6.57. The molecule has 0 aliphatic heterocycles. The normalized spacial score (nSPS) is 10.2. The van der Waals surface area contributed by atoms with Crippen LogP contribution in [0.3, 0.4) is 0 Å². The molecule has 1 amide bonds. The molecular weight excluding hydrogens is 250 g/mol. The fourth-order valence-electron chi connectivity index (χ4n) is 1.79. The predicted molar refractivity (Wildman–Crippen MR) is 83.0 cm³/mol. The van der Waals surface area contributed by atoms with E-state index < -0.39 is 0 Å². The van der Waals surface area contributed by atoms with Crippen LogP contribution in [0.5, 0.6) is 5.75 Å². The van der Waals surface area contributed by atoms with Crippen LogP contribution in [0.1, 0.15) is 25.3 Å². The number of amides is 1.